The second kappa shape index (κ2) is 13.1. The topological polar surface area (TPSA) is 113 Å². The number of hydrogen-bond acceptors (Lipinski definition) is 8. The molecule has 0 aliphatic carbocycles. The standard InChI is InChI=1S/C27H25N5O3S3/c1-3-23(26(35)30-27-32-31-17(2)37-27)38-21-11-7-10-20(15-21)28-25(34)22(14-18-12-13-36-16-18)29-24(33)19-8-5-4-6-9-19/h4-16,23H,3H2,1-2H3,(H,28,34)(H,29,33)(H,30,32,35)/b22-14-. The van der Waals surface area contributed by atoms with Gasteiger partial charge in [0.1, 0.15) is 10.7 Å². The molecular weight excluding hydrogens is 539 g/mol. The quantitative estimate of drug-likeness (QED) is 0.165. The van der Waals surface area contributed by atoms with Crippen molar-refractivity contribution >= 4 is 69.1 Å². The Morgan fingerprint density at radius 2 is 1.84 bits per heavy atom. The Morgan fingerprint density at radius 3 is 2.53 bits per heavy atom. The molecule has 0 bridgehead atoms. The largest absolute Gasteiger partial charge is 0.321 e. The van der Waals surface area contributed by atoms with Gasteiger partial charge in [-0.05, 0) is 72.1 Å². The molecule has 0 fully saturated rings. The van der Waals surface area contributed by atoms with Gasteiger partial charge in [0.25, 0.3) is 11.8 Å². The first kappa shape index (κ1) is 27.2. The Hall–Kier alpha value is -3.80. The zero-order valence-corrected chi connectivity index (χ0v) is 23.1. The van der Waals surface area contributed by atoms with Gasteiger partial charge in [0.2, 0.25) is 11.0 Å². The predicted molar refractivity (Wildman–Crippen MR) is 154 cm³/mol. The molecule has 2 aromatic carbocycles. The molecule has 1 atom stereocenters. The third-order valence-corrected chi connectivity index (χ3v) is 7.99. The summed E-state index contributed by atoms with van der Waals surface area (Å²) in [5.41, 5.74) is 1.91. The average molecular weight is 564 g/mol. The number of amides is 3. The summed E-state index contributed by atoms with van der Waals surface area (Å²) in [5, 5.41) is 21.0. The molecule has 194 valence electrons. The van der Waals surface area contributed by atoms with E-state index >= 15 is 0 Å². The van der Waals surface area contributed by atoms with Crippen LogP contribution in [0.3, 0.4) is 0 Å². The Bertz CT molecular complexity index is 1440. The van der Waals surface area contributed by atoms with Crippen molar-refractivity contribution in [2.75, 3.05) is 10.6 Å². The van der Waals surface area contributed by atoms with Gasteiger partial charge in [-0.25, -0.2) is 0 Å². The number of nitrogens with zero attached hydrogens (tertiary/aromatic N) is 2. The van der Waals surface area contributed by atoms with Crippen molar-refractivity contribution in [2.24, 2.45) is 0 Å². The number of thioether (sulfide) groups is 1. The molecule has 4 rings (SSSR count). The van der Waals surface area contributed by atoms with E-state index in [0.29, 0.717) is 22.8 Å². The SMILES string of the molecule is CCC(Sc1cccc(NC(=O)/C(=C/c2ccsc2)NC(=O)c2ccccc2)c1)C(=O)Nc1nnc(C)s1. The predicted octanol–water partition coefficient (Wildman–Crippen LogP) is 5.83. The molecule has 38 heavy (non-hydrogen) atoms. The Labute approximate surface area is 232 Å². The minimum absolute atomic E-state index is 0.119. The van der Waals surface area contributed by atoms with Crippen LogP contribution >= 0.6 is 34.4 Å². The van der Waals surface area contributed by atoms with Crippen LogP contribution in [0.25, 0.3) is 6.08 Å². The first-order valence-electron chi connectivity index (χ1n) is 11.7. The number of nitrogens with one attached hydrogen (secondary N) is 3. The first-order chi connectivity index (χ1) is 18.4. The van der Waals surface area contributed by atoms with E-state index in [0.717, 1.165) is 15.5 Å². The summed E-state index contributed by atoms with van der Waals surface area (Å²) in [6, 6.07) is 17.8. The minimum atomic E-state index is -0.459. The van der Waals surface area contributed by atoms with Crippen molar-refractivity contribution in [2.45, 2.75) is 30.4 Å². The molecule has 0 aliphatic rings. The van der Waals surface area contributed by atoms with E-state index < -0.39 is 5.91 Å². The average Bonchev–Trinajstić information content (AvgIpc) is 3.59. The zero-order chi connectivity index (χ0) is 26.9. The maximum Gasteiger partial charge on any atom is 0.272 e. The zero-order valence-electron chi connectivity index (χ0n) is 20.6. The molecule has 8 nitrogen and oxygen atoms in total. The van der Waals surface area contributed by atoms with Crippen molar-refractivity contribution in [3.8, 4) is 0 Å². The third kappa shape index (κ3) is 7.60. The Balaban J connectivity index is 1.46. The number of carbonyl (C=O) groups excluding carboxylic acids is 3. The second-order valence-corrected chi connectivity index (χ2v) is 11.3. The van der Waals surface area contributed by atoms with E-state index in [1.165, 1.54) is 34.4 Å². The van der Waals surface area contributed by atoms with E-state index in [1.807, 2.05) is 48.9 Å². The molecule has 0 saturated heterocycles. The normalized spacial score (nSPS) is 12.0. The van der Waals surface area contributed by atoms with Crippen LogP contribution in [0, 0.1) is 6.92 Å². The number of rotatable bonds is 10. The van der Waals surface area contributed by atoms with Gasteiger partial charge in [0.05, 0.1) is 5.25 Å². The molecule has 2 heterocycles. The van der Waals surface area contributed by atoms with Gasteiger partial charge in [0.15, 0.2) is 0 Å². The monoisotopic (exact) mass is 563 g/mol. The Kier molecular flexibility index (Phi) is 9.41. The Morgan fingerprint density at radius 1 is 1.03 bits per heavy atom. The summed E-state index contributed by atoms with van der Waals surface area (Å²) in [7, 11) is 0. The molecule has 4 aromatic rings. The molecule has 1 unspecified atom stereocenters. The van der Waals surface area contributed by atoms with Gasteiger partial charge >= 0.3 is 0 Å². The summed E-state index contributed by atoms with van der Waals surface area (Å²) in [5.74, 6) is -0.999. The summed E-state index contributed by atoms with van der Waals surface area (Å²) < 4.78 is 0. The lowest BCUT2D eigenvalue weighted by molar-refractivity contribution is -0.116. The molecule has 3 N–H and O–H groups in total. The highest BCUT2D eigenvalue weighted by molar-refractivity contribution is 8.00. The van der Waals surface area contributed by atoms with Crippen molar-refractivity contribution < 1.29 is 14.4 Å². The lowest BCUT2D eigenvalue weighted by Crippen LogP contribution is -2.30. The van der Waals surface area contributed by atoms with Gasteiger partial charge < -0.3 is 10.6 Å². The molecule has 3 amide bonds. The van der Waals surface area contributed by atoms with Crippen LogP contribution in [0.2, 0.25) is 0 Å². The fourth-order valence-electron chi connectivity index (χ4n) is 3.33. The molecule has 0 spiro atoms. The summed E-state index contributed by atoms with van der Waals surface area (Å²) >= 11 is 4.21. The van der Waals surface area contributed by atoms with Gasteiger partial charge in [-0.2, -0.15) is 11.3 Å². The van der Waals surface area contributed by atoms with E-state index in [2.05, 4.69) is 26.1 Å². The van der Waals surface area contributed by atoms with Gasteiger partial charge in [-0.15, -0.1) is 22.0 Å². The van der Waals surface area contributed by atoms with Crippen LogP contribution in [-0.4, -0.2) is 33.2 Å². The van der Waals surface area contributed by atoms with Crippen LogP contribution in [0.5, 0.6) is 0 Å². The van der Waals surface area contributed by atoms with Crippen LogP contribution < -0.4 is 16.0 Å². The molecule has 2 aromatic heterocycles. The van der Waals surface area contributed by atoms with E-state index in [1.54, 1.807) is 42.5 Å². The number of carbonyl (C=O) groups is 3. The first-order valence-corrected chi connectivity index (χ1v) is 14.3. The number of aryl methyl sites for hydroxylation is 1. The summed E-state index contributed by atoms with van der Waals surface area (Å²) in [4.78, 5) is 39.6. The second-order valence-electron chi connectivity index (χ2n) is 8.05. The van der Waals surface area contributed by atoms with Gasteiger partial charge in [-0.3, -0.25) is 19.7 Å². The molecule has 0 radical (unpaired) electrons. The molecule has 0 aliphatic heterocycles. The highest BCUT2D eigenvalue weighted by atomic mass is 32.2. The van der Waals surface area contributed by atoms with Crippen LogP contribution in [0.1, 0.15) is 34.3 Å². The van der Waals surface area contributed by atoms with Crippen LogP contribution in [0.15, 0.2) is 82.0 Å². The van der Waals surface area contributed by atoms with E-state index in [4.69, 9.17) is 0 Å². The lowest BCUT2D eigenvalue weighted by Gasteiger charge is -2.15. The van der Waals surface area contributed by atoms with Crippen LogP contribution in [-0.2, 0) is 9.59 Å². The van der Waals surface area contributed by atoms with E-state index in [9.17, 15) is 14.4 Å². The lowest BCUT2D eigenvalue weighted by atomic mass is 10.2. The van der Waals surface area contributed by atoms with E-state index in [-0.39, 0.29) is 22.8 Å². The van der Waals surface area contributed by atoms with Gasteiger partial charge in [0, 0.05) is 16.1 Å². The number of aromatic nitrogens is 2. The van der Waals surface area contributed by atoms with Crippen molar-refractivity contribution in [1.29, 1.82) is 0 Å². The van der Waals surface area contributed by atoms with Crippen molar-refractivity contribution in [3.05, 3.63) is 93.3 Å². The maximum absolute atomic E-state index is 13.2. The van der Waals surface area contributed by atoms with Gasteiger partial charge in [-0.1, -0.05) is 42.5 Å². The number of thiophene rings is 1. The number of hydrogen-bond donors (Lipinski definition) is 3. The number of anilines is 2. The highest BCUT2D eigenvalue weighted by Crippen LogP contribution is 2.29. The fraction of sp³-hybridized carbons (Fsp3) is 0.148. The molecule has 0 saturated carbocycles. The highest BCUT2D eigenvalue weighted by Gasteiger charge is 2.20. The summed E-state index contributed by atoms with van der Waals surface area (Å²) in [6.45, 7) is 3.76. The fourth-order valence-corrected chi connectivity index (χ4v) is 5.56. The minimum Gasteiger partial charge on any atom is -0.321 e. The van der Waals surface area contributed by atoms with Crippen molar-refractivity contribution in [3.63, 3.8) is 0 Å². The van der Waals surface area contributed by atoms with Crippen LogP contribution in [0.4, 0.5) is 10.8 Å². The number of benzene rings is 2. The van der Waals surface area contributed by atoms with Crippen molar-refractivity contribution in [1.82, 2.24) is 15.5 Å². The maximum atomic E-state index is 13.2. The smallest absolute Gasteiger partial charge is 0.272 e. The molecular formula is C27H25N5O3S3. The molecule has 11 heteroatoms. The summed E-state index contributed by atoms with van der Waals surface area (Å²) in [6.07, 6.45) is 2.24. The third-order valence-electron chi connectivity index (χ3n) is 5.17.